The number of nitrogens with zero attached hydrogens (tertiary/aromatic N) is 4. The first-order chi connectivity index (χ1) is 18.9. The van der Waals surface area contributed by atoms with Gasteiger partial charge in [0.25, 0.3) is 0 Å². The molecule has 1 amide bonds. The van der Waals surface area contributed by atoms with Gasteiger partial charge in [0, 0.05) is 6.54 Å². The van der Waals surface area contributed by atoms with Gasteiger partial charge in [-0.25, -0.2) is 19.7 Å². The van der Waals surface area contributed by atoms with E-state index in [1.54, 1.807) is 4.57 Å². The topological polar surface area (TPSA) is 149 Å². The Labute approximate surface area is 231 Å². The zero-order valence-electron chi connectivity index (χ0n) is 23.0. The van der Waals surface area contributed by atoms with Crippen molar-refractivity contribution < 1.29 is 28.6 Å². The fourth-order valence-electron chi connectivity index (χ4n) is 3.87. The Kier molecular flexibility index (Phi) is 16.3. The highest BCUT2D eigenvalue weighted by atomic mass is 31.2. The quantitative estimate of drug-likeness (QED) is 0.0895. The molecule has 39 heavy (non-hydrogen) atoms. The standard InChI is InChI=1S/C27H44N5O6P/c1-2-3-4-5-6-7-8-9-10-11-12-13-14-15-16-17-19-38-27(33)31-25-24-26(29-21-28-25)32(22-30-24)18-20-37-23-39(34,35)36/h6-7,9-10,21-22H,2-5,8,11-20,23H2,1H3,(H2,34,35,36)(H,28,29,31,33). The predicted molar refractivity (Wildman–Crippen MR) is 153 cm³/mol. The number of fused-ring (bicyclic) bond motifs is 1. The van der Waals surface area contributed by atoms with Crippen LogP contribution in [0.1, 0.15) is 84.0 Å². The summed E-state index contributed by atoms with van der Waals surface area (Å²) >= 11 is 0. The highest BCUT2D eigenvalue weighted by Gasteiger charge is 2.15. The summed E-state index contributed by atoms with van der Waals surface area (Å²) in [5.41, 5.74) is 0.850. The summed E-state index contributed by atoms with van der Waals surface area (Å²) in [6, 6.07) is 0. The van der Waals surface area contributed by atoms with E-state index in [0.29, 0.717) is 17.8 Å². The summed E-state index contributed by atoms with van der Waals surface area (Å²) in [6.07, 6.45) is 24.4. The molecule has 0 radical (unpaired) electrons. The van der Waals surface area contributed by atoms with Crippen molar-refractivity contribution in [3.63, 3.8) is 0 Å². The van der Waals surface area contributed by atoms with Gasteiger partial charge in [-0.3, -0.25) is 9.88 Å². The molecule has 0 saturated carbocycles. The SMILES string of the molecule is CCCCCC=CCC=CCCCCCCCCOC(=O)Nc1ncnc2c1ncn2CCOCP(=O)(O)O. The fraction of sp³-hybridized carbons (Fsp3) is 0.630. The maximum Gasteiger partial charge on any atom is 0.412 e. The molecule has 3 N–H and O–H groups in total. The molecule has 0 aliphatic carbocycles. The smallest absolute Gasteiger partial charge is 0.412 e. The molecule has 11 nitrogen and oxygen atoms in total. The van der Waals surface area contributed by atoms with Gasteiger partial charge in [0.1, 0.15) is 12.7 Å². The molecular weight excluding hydrogens is 521 g/mol. The van der Waals surface area contributed by atoms with Crippen molar-refractivity contribution in [3.8, 4) is 0 Å². The second-order valence-corrected chi connectivity index (χ2v) is 11.0. The van der Waals surface area contributed by atoms with E-state index in [0.717, 1.165) is 32.1 Å². The Balaban J connectivity index is 1.53. The minimum absolute atomic E-state index is 0.0690. The number of allylic oxidation sites excluding steroid dienone is 4. The molecule has 0 aliphatic rings. The molecular formula is C27H44N5O6P. The third-order valence-electron chi connectivity index (χ3n) is 5.94. The van der Waals surface area contributed by atoms with Crippen molar-refractivity contribution in [1.29, 1.82) is 0 Å². The molecule has 0 fully saturated rings. The van der Waals surface area contributed by atoms with E-state index in [1.165, 1.54) is 57.6 Å². The van der Waals surface area contributed by atoms with E-state index in [1.807, 2.05) is 0 Å². The molecule has 0 aromatic carbocycles. The normalized spacial score (nSPS) is 12.2. The summed E-state index contributed by atoms with van der Waals surface area (Å²) < 4.78 is 22.8. The van der Waals surface area contributed by atoms with Crippen LogP contribution in [0.2, 0.25) is 0 Å². The number of aromatic nitrogens is 4. The zero-order valence-corrected chi connectivity index (χ0v) is 23.9. The van der Waals surface area contributed by atoms with Gasteiger partial charge in [0.05, 0.1) is 19.5 Å². The maximum atomic E-state index is 12.2. The van der Waals surface area contributed by atoms with E-state index in [4.69, 9.17) is 19.3 Å². The number of nitrogens with one attached hydrogen (secondary N) is 1. The van der Waals surface area contributed by atoms with E-state index in [2.05, 4.69) is 51.5 Å². The molecule has 0 saturated heterocycles. The second-order valence-electron chi connectivity index (χ2n) is 9.38. The van der Waals surface area contributed by atoms with E-state index >= 15 is 0 Å². The minimum Gasteiger partial charge on any atom is -0.449 e. The van der Waals surface area contributed by atoms with E-state index in [9.17, 15) is 9.36 Å². The average molecular weight is 566 g/mol. The summed E-state index contributed by atoms with van der Waals surface area (Å²) in [7, 11) is -4.21. The molecule has 2 heterocycles. The number of amides is 1. The van der Waals surface area contributed by atoms with Crippen LogP contribution >= 0.6 is 7.60 Å². The number of ether oxygens (including phenoxy) is 2. The Morgan fingerprint density at radius 3 is 2.36 bits per heavy atom. The van der Waals surface area contributed by atoms with E-state index < -0.39 is 20.0 Å². The van der Waals surface area contributed by atoms with Crippen molar-refractivity contribution in [2.45, 2.75) is 90.5 Å². The van der Waals surface area contributed by atoms with Crippen LogP contribution in [0, 0.1) is 0 Å². The number of hydrogen-bond acceptors (Lipinski definition) is 7. The lowest BCUT2D eigenvalue weighted by Crippen LogP contribution is -2.16. The number of carbonyl (C=O) groups is 1. The number of imidazole rings is 1. The van der Waals surface area contributed by atoms with Gasteiger partial charge in [-0.15, -0.1) is 0 Å². The first-order valence-corrected chi connectivity index (χ1v) is 15.7. The Bertz CT molecular complexity index is 1070. The number of hydrogen-bond donors (Lipinski definition) is 3. The molecule has 0 aliphatic heterocycles. The van der Waals surface area contributed by atoms with Crippen molar-refractivity contribution in [3.05, 3.63) is 37.0 Å². The third kappa shape index (κ3) is 15.0. The number of anilines is 1. The van der Waals surface area contributed by atoms with Crippen molar-refractivity contribution >= 4 is 30.7 Å². The molecule has 218 valence electrons. The summed E-state index contributed by atoms with van der Waals surface area (Å²) in [5, 5.41) is 2.61. The first kappa shape index (κ1) is 32.6. The van der Waals surface area contributed by atoms with Gasteiger partial charge < -0.3 is 23.8 Å². The van der Waals surface area contributed by atoms with Gasteiger partial charge in [0.15, 0.2) is 17.0 Å². The average Bonchev–Trinajstić information content (AvgIpc) is 3.32. The Hall–Kier alpha value is -2.59. The largest absolute Gasteiger partial charge is 0.449 e. The molecule has 0 atom stereocenters. The van der Waals surface area contributed by atoms with Crippen LogP contribution in [0.5, 0.6) is 0 Å². The second kappa shape index (κ2) is 19.5. The molecule has 0 spiro atoms. The lowest BCUT2D eigenvalue weighted by Gasteiger charge is -2.08. The van der Waals surface area contributed by atoms with Crippen molar-refractivity contribution in [2.24, 2.45) is 0 Å². The molecule has 2 aromatic rings. The van der Waals surface area contributed by atoms with Crippen molar-refractivity contribution in [1.82, 2.24) is 19.5 Å². The van der Waals surface area contributed by atoms with Gasteiger partial charge in [-0.05, 0) is 38.5 Å². The van der Waals surface area contributed by atoms with Crippen LogP contribution < -0.4 is 5.32 Å². The van der Waals surface area contributed by atoms with Gasteiger partial charge in [-0.1, -0.05) is 69.8 Å². The lowest BCUT2D eigenvalue weighted by molar-refractivity contribution is 0.149. The number of carbonyl (C=O) groups excluding carboxylic acids is 1. The molecule has 0 bridgehead atoms. The first-order valence-electron chi connectivity index (χ1n) is 13.9. The van der Waals surface area contributed by atoms with Crippen LogP contribution in [0.3, 0.4) is 0 Å². The van der Waals surface area contributed by atoms with Crippen LogP contribution in [-0.2, 0) is 20.6 Å². The molecule has 0 unspecified atom stereocenters. The summed E-state index contributed by atoms with van der Waals surface area (Å²) in [6.45, 7) is 2.91. The summed E-state index contributed by atoms with van der Waals surface area (Å²) in [4.78, 5) is 42.4. The monoisotopic (exact) mass is 565 g/mol. The molecule has 2 aromatic heterocycles. The minimum atomic E-state index is -4.21. The Morgan fingerprint density at radius 1 is 0.949 bits per heavy atom. The third-order valence-corrected chi connectivity index (χ3v) is 6.45. The Morgan fingerprint density at radius 2 is 1.64 bits per heavy atom. The zero-order chi connectivity index (χ0) is 28.2. The number of unbranched alkanes of at least 4 members (excludes halogenated alkanes) is 9. The van der Waals surface area contributed by atoms with Crippen LogP contribution in [-0.4, -0.2) is 55.0 Å². The van der Waals surface area contributed by atoms with Gasteiger partial charge >= 0.3 is 13.7 Å². The van der Waals surface area contributed by atoms with Crippen LogP contribution in [0.25, 0.3) is 11.2 Å². The molecule has 2 rings (SSSR count). The van der Waals surface area contributed by atoms with E-state index in [-0.39, 0.29) is 19.0 Å². The van der Waals surface area contributed by atoms with Gasteiger partial charge in [0.2, 0.25) is 0 Å². The highest BCUT2D eigenvalue weighted by Crippen LogP contribution is 2.33. The fourth-order valence-corrected chi connectivity index (χ4v) is 4.24. The van der Waals surface area contributed by atoms with Crippen LogP contribution in [0.15, 0.2) is 37.0 Å². The predicted octanol–water partition coefficient (Wildman–Crippen LogP) is 6.34. The van der Waals surface area contributed by atoms with Crippen molar-refractivity contribution in [2.75, 3.05) is 24.9 Å². The van der Waals surface area contributed by atoms with Gasteiger partial charge in [-0.2, -0.15) is 0 Å². The summed E-state index contributed by atoms with van der Waals surface area (Å²) in [5.74, 6) is 0.233. The molecule has 12 heteroatoms. The number of rotatable bonds is 21. The maximum absolute atomic E-state index is 12.2. The lowest BCUT2D eigenvalue weighted by atomic mass is 10.1. The van der Waals surface area contributed by atoms with Crippen LogP contribution in [0.4, 0.5) is 10.6 Å². The highest BCUT2D eigenvalue weighted by molar-refractivity contribution is 7.51.